The Morgan fingerprint density at radius 1 is 1.22 bits per heavy atom. The summed E-state index contributed by atoms with van der Waals surface area (Å²) in [7, 11) is 0. The fraction of sp³-hybridized carbons (Fsp3) is 0.211. The molecule has 0 spiro atoms. The molecule has 8 heteroatoms. The van der Waals surface area contributed by atoms with Crippen molar-refractivity contribution in [1.82, 2.24) is 10.2 Å². The second-order valence-electron chi connectivity index (χ2n) is 6.03. The lowest BCUT2D eigenvalue weighted by Gasteiger charge is -2.21. The maximum absolute atomic E-state index is 13.1. The standard InChI is InChI=1S/C19H16FIN4O2/c1-10-15(8-5-13(9-22)16(10)21)23-17(11(2)26)19-25-24-18(27-19)12-3-6-14(20)7-4-12/h3-8,11,17,23,26H,1-2H3/t11-,17+/m0/s1. The van der Waals surface area contributed by atoms with Gasteiger partial charge in [0.1, 0.15) is 17.9 Å². The number of nitriles is 1. The second kappa shape index (κ2) is 8.02. The first-order chi connectivity index (χ1) is 12.9. The van der Waals surface area contributed by atoms with Crippen LogP contribution >= 0.6 is 22.6 Å². The van der Waals surface area contributed by atoms with Crippen LogP contribution in [0.3, 0.4) is 0 Å². The zero-order valence-corrected chi connectivity index (χ0v) is 16.7. The Kier molecular flexibility index (Phi) is 5.72. The minimum atomic E-state index is -0.820. The summed E-state index contributed by atoms with van der Waals surface area (Å²) in [6.07, 6.45) is -0.820. The van der Waals surface area contributed by atoms with Crippen molar-refractivity contribution in [1.29, 1.82) is 5.26 Å². The normalized spacial score (nSPS) is 13.0. The van der Waals surface area contributed by atoms with Crippen molar-refractivity contribution in [3.63, 3.8) is 0 Å². The molecule has 0 fully saturated rings. The Morgan fingerprint density at radius 2 is 1.93 bits per heavy atom. The summed E-state index contributed by atoms with van der Waals surface area (Å²) in [6.45, 7) is 3.51. The number of halogens is 2. The van der Waals surface area contributed by atoms with E-state index in [0.717, 1.165) is 14.8 Å². The van der Waals surface area contributed by atoms with Crippen LogP contribution in [-0.4, -0.2) is 21.4 Å². The van der Waals surface area contributed by atoms with E-state index in [1.807, 2.05) is 6.92 Å². The molecule has 0 unspecified atom stereocenters. The summed E-state index contributed by atoms with van der Waals surface area (Å²) in [6, 6.07) is 10.7. The van der Waals surface area contributed by atoms with Crippen LogP contribution < -0.4 is 5.32 Å². The number of rotatable bonds is 5. The average molecular weight is 478 g/mol. The van der Waals surface area contributed by atoms with Gasteiger partial charge in [-0.15, -0.1) is 10.2 Å². The molecular weight excluding hydrogens is 462 g/mol. The van der Waals surface area contributed by atoms with Crippen molar-refractivity contribution >= 4 is 28.3 Å². The summed E-state index contributed by atoms with van der Waals surface area (Å²) < 4.78 is 19.6. The lowest BCUT2D eigenvalue weighted by Crippen LogP contribution is -2.23. The van der Waals surface area contributed by atoms with Crippen LogP contribution in [0.15, 0.2) is 40.8 Å². The molecule has 0 aliphatic carbocycles. The largest absolute Gasteiger partial charge is 0.418 e. The molecule has 138 valence electrons. The molecule has 0 radical (unpaired) electrons. The lowest BCUT2D eigenvalue weighted by atomic mass is 10.1. The van der Waals surface area contributed by atoms with E-state index in [1.165, 1.54) is 12.1 Å². The van der Waals surface area contributed by atoms with Gasteiger partial charge in [-0.2, -0.15) is 5.26 Å². The number of hydrogen-bond donors (Lipinski definition) is 2. The summed E-state index contributed by atoms with van der Waals surface area (Å²) >= 11 is 2.12. The number of nitrogens with one attached hydrogen (secondary N) is 1. The van der Waals surface area contributed by atoms with Crippen molar-refractivity contribution in [2.75, 3.05) is 5.32 Å². The van der Waals surface area contributed by atoms with E-state index in [2.05, 4.69) is 44.2 Å². The van der Waals surface area contributed by atoms with Gasteiger partial charge in [0.2, 0.25) is 11.8 Å². The zero-order chi connectivity index (χ0) is 19.6. The highest BCUT2D eigenvalue weighted by Gasteiger charge is 2.25. The Bertz CT molecular complexity index is 996. The van der Waals surface area contributed by atoms with Crippen LogP contribution in [0.5, 0.6) is 0 Å². The first kappa shape index (κ1) is 19.3. The average Bonchev–Trinajstić information content (AvgIpc) is 3.13. The number of anilines is 1. The molecule has 0 aliphatic rings. The summed E-state index contributed by atoms with van der Waals surface area (Å²) in [5, 5.41) is 30.6. The second-order valence-corrected chi connectivity index (χ2v) is 7.11. The highest BCUT2D eigenvalue weighted by Crippen LogP contribution is 2.30. The number of hydrogen-bond acceptors (Lipinski definition) is 6. The van der Waals surface area contributed by atoms with Gasteiger partial charge in [-0.05, 0) is 78.4 Å². The van der Waals surface area contributed by atoms with Gasteiger partial charge >= 0.3 is 0 Å². The molecule has 0 amide bonds. The van der Waals surface area contributed by atoms with E-state index in [1.54, 1.807) is 31.2 Å². The van der Waals surface area contributed by atoms with E-state index in [-0.39, 0.29) is 17.6 Å². The van der Waals surface area contributed by atoms with E-state index >= 15 is 0 Å². The van der Waals surface area contributed by atoms with E-state index in [4.69, 9.17) is 9.68 Å². The maximum atomic E-state index is 13.1. The molecular formula is C19H16FIN4O2. The Balaban J connectivity index is 1.90. The molecule has 0 aliphatic heterocycles. The SMILES string of the molecule is Cc1c(N[C@@H](c2nnc(-c3ccc(F)cc3)o2)[C@H](C)O)ccc(C#N)c1I. The minimum absolute atomic E-state index is 0.211. The number of nitrogens with zero attached hydrogens (tertiary/aromatic N) is 3. The predicted octanol–water partition coefficient (Wildman–Crippen LogP) is 4.19. The first-order valence-corrected chi connectivity index (χ1v) is 9.21. The van der Waals surface area contributed by atoms with Crippen molar-refractivity contribution in [2.24, 2.45) is 0 Å². The predicted molar refractivity (Wildman–Crippen MR) is 106 cm³/mol. The fourth-order valence-corrected chi connectivity index (χ4v) is 3.14. The van der Waals surface area contributed by atoms with Gasteiger partial charge in [0.25, 0.3) is 0 Å². The summed E-state index contributed by atoms with van der Waals surface area (Å²) in [5.41, 5.74) is 2.82. The number of benzene rings is 2. The molecule has 1 heterocycles. The smallest absolute Gasteiger partial charge is 0.247 e. The monoisotopic (exact) mass is 478 g/mol. The highest BCUT2D eigenvalue weighted by atomic mass is 127. The van der Waals surface area contributed by atoms with Crippen LogP contribution in [0.1, 0.15) is 30.0 Å². The van der Waals surface area contributed by atoms with Crippen molar-refractivity contribution in [3.05, 3.63) is 62.8 Å². The fourth-order valence-electron chi connectivity index (χ4n) is 2.55. The summed E-state index contributed by atoms with van der Waals surface area (Å²) in [5.74, 6) is 0.0968. The first-order valence-electron chi connectivity index (χ1n) is 8.14. The van der Waals surface area contributed by atoms with Gasteiger partial charge in [-0.25, -0.2) is 4.39 Å². The molecule has 3 rings (SSSR count). The van der Waals surface area contributed by atoms with Gasteiger partial charge in [-0.1, -0.05) is 0 Å². The highest BCUT2D eigenvalue weighted by molar-refractivity contribution is 14.1. The van der Waals surface area contributed by atoms with Crippen LogP contribution in [-0.2, 0) is 0 Å². The Labute approximate surface area is 169 Å². The maximum Gasteiger partial charge on any atom is 0.247 e. The lowest BCUT2D eigenvalue weighted by molar-refractivity contribution is 0.159. The third-order valence-corrected chi connectivity index (χ3v) is 5.49. The van der Waals surface area contributed by atoms with Crippen molar-refractivity contribution in [3.8, 4) is 17.5 Å². The molecule has 1 aromatic heterocycles. The van der Waals surface area contributed by atoms with Crippen LogP contribution in [0.2, 0.25) is 0 Å². The number of aliphatic hydroxyl groups excluding tert-OH is 1. The molecule has 3 aromatic rings. The van der Waals surface area contributed by atoms with Crippen molar-refractivity contribution < 1.29 is 13.9 Å². The molecule has 0 saturated heterocycles. The van der Waals surface area contributed by atoms with Crippen LogP contribution in [0.25, 0.3) is 11.5 Å². The van der Waals surface area contributed by atoms with Gasteiger partial charge < -0.3 is 14.8 Å². The van der Waals surface area contributed by atoms with E-state index < -0.39 is 12.1 Å². The quantitative estimate of drug-likeness (QED) is 0.534. The van der Waals surface area contributed by atoms with Gasteiger partial charge in [-0.3, -0.25) is 0 Å². The molecule has 0 saturated carbocycles. The van der Waals surface area contributed by atoms with Crippen LogP contribution in [0.4, 0.5) is 10.1 Å². The van der Waals surface area contributed by atoms with Gasteiger partial charge in [0.15, 0.2) is 0 Å². The number of aliphatic hydroxyl groups is 1. The molecule has 2 aromatic carbocycles. The molecule has 2 atom stereocenters. The molecule has 2 N–H and O–H groups in total. The van der Waals surface area contributed by atoms with E-state index in [0.29, 0.717) is 11.1 Å². The third kappa shape index (κ3) is 4.09. The Hall–Kier alpha value is -2.51. The molecule has 6 nitrogen and oxygen atoms in total. The third-order valence-electron chi connectivity index (χ3n) is 4.10. The van der Waals surface area contributed by atoms with Crippen molar-refractivity contribution in [2.45, 2.75) is 26.0 Å². The van der Waals surface area contributed by atoms with Gasteiger partial charge in [0, 0.05) is 14.8 Å². The minimum Gasteiger partial charge on any atom is -0.418 e. The molecule has 0 bridgehead atoms. The van der Waals surface area contributed by atoms with Gasteiger partial charge in [0.05, 0.1) is 11.7 Å². The zero-order valence-electron chi connectivity index (χ0n) is 14.6. The Morgan fingerprint density at radius 3 is 2.56 bits per heavy atom. The van der Waals surface area contributed by atoms with E-state index in [9.17, 15) is 9.50 Å². The molecule has 27 heavy (non-hydrogen) atoms. The van der Waals surface area contributed by atoms with Crippen LogP contribution in [0, 0.1) is 27.6 Å². The summed E-state index contributed by atoms with van der Waals surface area (Å²) in [4.78, 5) is 0. The topological polar surface area (TPSA) is 95.0 Å². The number of aromatic nitrogens is 2.